The zero-order valence-corrected chi connectivity index (χ0v) is 22.7. The zero-order chi connectivity index (χ0) is 27.3. The first kappa shape index (κ1) is 29.5. The van der Waals surface area contributed by atoms with Gasteiger partial charge in [0.1, 0.15) is 0 Å². The molecule has 35 heavy (non-hydrogen) atoms. The fourth-order valence-electron chi connectivity index (χ4n) is 3.35. The van der Waals surface area contributed by atoms with Crippen molar-refractivity contribution < 1.29 is 52.2 Å². The van der Waals surface area contributed by atoms with Gasteiger partial charge in [0.15, 0.2) is 54.8 Å². The molecule has 0 atom stereocenters. The predicted octanol–water partition coefficient (Wildman–Crippen LogP) is 5.24. The summed E-state index contributed by atoms with van der Waals surface area (Å²) in [6.45, 7) is 11.6. The van der Waals surface area contributed by atoms with Crippen LogP contribution in [0.1, 0.15) is 0 Å². The summed E-state index contributed by atoms with van der Waals surface area (Å²) in [6, 6.07) is 0. The van der Waals surface area contributed by atoms with Gasteiger partial charge in [-0.15, -0.1) is 0 Å². The zero-order valence-electron chi connectivity index (χ0n) is 19.7. The van der Waals surface area contributed by atoms with Crippen LogP contribution < -0.4 is 15.4 Å². The highest BCUT2D eigenvalue weighted by atomic mass is 28.5. The van der Waals surface area contributed by atoms with Crippen LogP contribution in [0.5, 0.6) is 5.75 Å². The van der Waals surface area contributed by atoms with Crippen molar-refractivity contribution in [2.75, 3.05) is 0 Å². The lowest BCUT2D eigenvalue weighted by molar-refractivity contribution is 0.311. The van der Waals surface area contributed by atoms with E-state index in [4.69, 9.17) is 12.7 Å². The van der Waals surface area contributed by atoms with Crippen LogP contribution in [-0.2, 0) is 8.23 Å². The minimum absolute atomic E-state index is 0.228. The molecule has 0 aromatic heterocycles. The van der Waals surface area contributed by atoms with Gasteiger partial charge in [0.25, 0.3) is 0 Å². The molecule has 193 valence electrons. The average molecular weight is 563 g/mol. The highest BCUT2D eigenvalue weighted by molar-refractivity contribution is 6.86. The van der Waals surface area contributed by atoms with Crippen LogP contribution in [0.4, 0.5) is 39.5 Å². The Kier molecular flexibility index (Phi) is 8.38. The van der Waals surface area contributed by atoms with Crippen LogP contribution in [0.25, 0.3) is 0 Å². The minimum atomic E-state index is -3.54. The second kappa shape index (κ2) is 9.95. The Morgan fingerprint density at radius 2 is 0.800 bits per heavy atom. The Bertz CT molecular complexity index is 1100. The molecule has 0 heterocycles. The summed E-state index contributed by atoms with van der Waals surface area (Å²) < 4.78 is 143. The van der Waals surface area contributed by atoms with E-state index in [2.05, 4.69) is 0 Å². The second-order valence-corrected chi connectivity index (χ2v) is 21.0. The van der Waals surface area contributed by atoms with Crippen molar-refractivity contribution in [3.63, 3.8) is 0 Å². The van der Waals surface area contributed by atoms with Crippen molar-refractivity contribution in [2.45, 2.75) is 45.8 Å². The van der Waals surface area contributed by atoms with E-state index in [-0.39, 0.29) is 7.28 Å². The van der Waals surface area contributed by atoms with Gasteiger partial charge in [0, 0.05) is 0 Å². The fourth-order valence-corrected chi connectivity index (χ4v) is 15.4. The van der Waals surface area contributed by atoms with Crippen molar-refractivity contribution in [1.29, 1.82) is 0 Å². The largest absolute Gasteiger partial charge is 0.516 e. The first-order chi connectivity index (χ1) is 15.7. The third-order valence-electron chi connectivity index (χ3n) is 4.18. The Morgan fingerprint density at radius 3 is 1.17 bits per heavy atom. The molecule has 2 aromatic carbocycles. The molecular formula is C19H21BF9O3Si3. The topological polar surface area (TPSA) is 27.7 Å². The van der Waals surface area contributed by atoms with E-state index in [1.165, 1.54) is 13.1 Å². The van der Waals surface area contributed by atoms with E-state index in [0.29, 0.717) is 0 Å². The standard InChI is InChI=1S/C19H21BF9O3Si3/c1-33(2,3)31-35(6,7)32-34(4,5)30-19-17(28)12(23)9(13(24)18(19)29)20-8-10(21)14(25)16(27)15(26)11(8)22/h1-7H3. The fraction of sp³-hybridized carbons (Fsp3) is 0.368. The van der Waals surface area contributed by atoms with E-state index in [9.17, 15) is 39.5 Å². The van der Waals surface area contributed by atoms with Crippen LogP contribution in [0.2, 0.25) is 45.8 Å². The number of rotatable bonds is 8. The van der Waals surface area contributed by atoms with Gasteiger partial charge in [0.2, 0.25) is 18.9 Å². The van der Waals surface area contributed by atoms with Crippen molar-refractivity contribution in [2.24, 2.45) is 0 Å². The maximum atomic E-state index is 14.7. The van der Waals surface area contributed by atoms with Crippen molar-refractivity contribution in [3.8, 4) is 5.75 Å². The third-order valence-corrected chi connectivity index (χ3v) is 13.2. The van der Waals surface area contributed by atoms with Gasteiger partial charge >= 0.3 is 17.1 Å². The highest BCUT2D eigenvalue weighted by Crippen LogP contribution is 2.30. The number of hydrogen-bond acceptors (Lipinski definition) is 3. The summed E-state index contributed by atoms with van der Waals surface area (Å²) in [4.78, 5) is 0. The Labute approximate surface area is 200 Å². The Morgan fingerprint density at radius 1 is 0.457 bits per heavy atom. The smallest absolute Gasteiger partial charge is 0.383 e. The van der Waals surface area contributed by atoms with Crippen LogP contribution in [0.3, 0.4) is 0 Å². The molecule has 2 rings (SSSR count). The third kappa shape index (κ3) is 6.52. The molecule has 0 N–H and O–H groups in total. The second-order valence-electron chi connectivity index (χ2n) is 9.34. The summed E-state index contributed by atoms with van der Waals surface area (Å²) >= 11 is 0. The quantitative estimate of drug-likeness (QED) is 0.190. The monoisotopic (exact) mass is 563 g/mol. The van der Waals surface area contributed by atoms with Gasteiger partial charge in [-0.1, -0.05) is 0 Å². The van der Waals surface area contributed by atoms with Gasteiger partial charge in [-0.2, -0.15) is 8.78 Å². The molecule has 0 amide bonds. The summed E-state index contributed by atoms with van der Waals surface area (Å²) in [5.41, 5.74) is -3.51. The van der Waals surface area contributed by atoms with Gasteiger partial charge in [-0.3, -0.25) is 0 Å². The normalized spacial score (nSPS) is 12.8. The molecule has 0 aliphatic rings. The lowest BCUT2D eigenvalue weighted by Gasteiger charge is -2.36. The predicted molar refractivity (Wildman–Crippen MR) is 119 cm³/mol. The highest BCUT2D eigenvalue weighted by Gasteiger charge is 2.42. The summed E-state index contributed by atoms with van der Waals surface area (Å²) in [5.74, 6) is -22.3. The Hall–Kier alpha value is -1.75. The SMILES string of the molecule is C[Si](C)(C)O[Si](C)(C)O[Si](C)(C)Oc1c(F)c(F)c([B]c2c(F)c(F)c(F)c(F)c2F)c(F)c1F. The van der Waals surface area contributed by atoms with Crippen molar-refractivity contribution >= 4 is 43.6 Å². The molecule has 2 aromatic rings. The first-order valence-electron chi connectivity index (χ1n) is 10.0. The molecule has 0 fully saturated rings. The van der Waals surface area contributed by atoms with Crippen molar-refractivity contribution in [1.82, 2.24) is 0 Å². The van der Waals surface area contributed by atoms with E-state index in [1.54, 1.807) is 13.1 Å². The van der Waals surface area contributed by atoms with Crippen LogP contribution >= 0.6 is 0 Å². The number of benzene rings is 2. The molecule has 3 nitrogen and oxygen atoms in total. The number of hydrogen-bond donors (Lipinski definition) is 0. The molecule has 0 saturated heterocycles. The van der Waals surface area contributed by atoms with E-state index < -0.39 is 94.5 Å². The maximum Gasteiger partial charge on any atom is 0.383 e. The van der Waals surface area contributed by atoms with Gasteiger partial charge in [0.05, 0.1) is 0 Å². The van der Waals surface area contributed by atoms with Crippen LogP contribution in [0.15, 0.2) is 0 Å². The maximum absolute atomic E-state index is 14.7. The van der Waals surface area contributed by atoms with E-state index >= 15 is 0 Å². The lowest BCUT2D eigenvalue weighted by Crippen LogP contribution is -2.54. The molecule has 0 aliphatic carbocycles. The van der Waals surface area contributed by atoms with E-state index in [0.717, 1.165) is 0 Å². The van der Waals surface area contributed by atoms with E-state index in [1.807, 2.05) is 19.6 Å². The van der Waals surface area contributed by atoms with Gasteiger partial charge in [-0.25, -0.2) is 30.7 Å². The Balaban J connectivity index is 2.49. The van der Waals surface area contributed by atoms with Crippen LogP contribution in [0, 0.1) is 52.4 Å². The molecule has 0 saturated carbocycles. The molecule has 0 bridgehead atoms. The molecule has 1 radical (unpaired) electrons. The molecule has 0 spiro atoms. The number of halogens is 9. The molecule has 0 aliphatic heterocycles. The van der Waals surface area contributed by atoms with Gasteiger partial charge < -0.3 is 12.7 Å². The van der Waals surface area contributed by atoms with Crippen molar-refractivity contribution in [3.05, 3.63) is 52.4 Å². The summed E-state index contributed by atoms with van der Waals surface area (Å²) in [7, 11) is -8.77. The average Bonchev–Trinajstić information content (AvgIpc) is 2.69. The lowest BCUT2D eigenvalue weighted by atomic mass is 9.62. The molecular weight excluding hydrogens is 542 g/mol. The molecule has 0 unspecified atom stereocenters. The first-order valence-corrected chi connectivity index (χ1v) is 19.0. The molecule has 16 heteroatoms. The summed E-state index contributed by atoms with van der Waals surface area (Å²) in [6.07, 6.45) is 0. The van der Waals surface area contributed by atoms with Crippen LogP contribution in [-0.4, -0.2) is 32.7 Å². The summed E-state index contributed by atoms with van der Waals surface area (Å²) in [5, 5.41) is 0. The van der Waals surface area contributed by atoms with Gasteiger partial charge in [-0.05, 0) is 56.8 Å². The minimum Gasteiger partial charge on any atom is -0.516 e.